The van der Waals surface area contributed by atoms with Crippen LogP contribution in [0.1, 0.15) is 18.5 Å². The standard InChI is InChI=1S/C14H17N5O3S/c1-22-12-14(10-9-11(17-6-16-10)23-7-18-9)3-2-8(4-15-12)19(5-14)13(20)21/h6-8,12,15H,2-5H2,1H3,(H,20,21). The lowest BCUT2D eigenvalue weighted by molar-refractivity contribution is -0.00833. The molecular weight excluding hydrogens is 318 g/mol. The molecule has 0 saturated carbocycles. The van der Waals surface area contributed by atoms with Crippen LogP contribution in [0.3, 0.4) is 0 Å². The summed E-state index contributed by atoms with van der Waals surface area (Å²) in [4.78, 5) is 27.2. The number of aromatic nitrogens is 3. The van der Waals surface area contributed by atoms with E-state index in [0.29, 0.717) is 13.1 Å². The van der Waals surface area contributed by atoms with Crippen molar-refractivity contribution < 1.29 is 14.6 Å². The van der Waals surface area contributed by atoms with Gasteiger partial charge in [-0.2, -0.15) is 0 Å². The van der Waals surface area contributed by atoms with Gasteiger partial charge in [-0.05, 0) is 12.8 Å². The smallest absolute Gasteiger partial charge is 0.407 e. The molecule has 3 atom stereocenters. The Kier molecular flexibility index (Phi) is 3.43. The summed E-state index contributed by atoms with van der Waals surface area (Å²) in [5.74, 6) is 0. The number of piperidine rings is 1. The lowest BCUT2D eigenvalue weighted by Gasteiger charge is -2.44. The molecular formula is C14H17N5O3S. The number of hydrogen-bond donors (Lipinski definition) is 2. The average Bonchev–Trinajstić information content (AvgIpc) is 2.90. The fourth-order valence-electron chi connectivity index (χ4n) is 3.87. The van der Waals surface area contributed by atoms with Gasteiger partial charge in [0, 0.05) is 26.2 Å². The number of rotatable bonds is 2. The lowest BCUT2D eigenvalue weighted by Crippen LogP contribution is -2.56. The zero-order valence-electron chi connectivity index (χ0n) is 12.6. The van der Waals surface area contributed by atoms with Crippen LogP contribution in [0.5, 0.6) is 0 Å². The van der Waals surface area contributed by atoms with Crippen molar-refractivity contribution in [1.29, 1.82) is 0 Å². The molecule has 0 aromatic carbocycles. The van der Waals surface area contributed by atoms with Gasteiger partial charge in [0.2, 0.25) is 0 Å². The fraction of sp³-hybridized carbons (Fsp3) is 0.571. The number of thiazole rings is 1. The minimum Gasteiger partial charge on any atom is -0.465 e. The number of methoxy groups -OCH3 is 1. The molecule has 8 nitrogen and oxygen atoms in total. The van der Waals surface area contributed by atoms with Gasteiger partial charge in [-0.1, -0.05) is 0 Å². The second-order valence-electron chi connectivity index (χ2n) is 6.01. The summed E-state index contributed by atoms with van der Waals surface area (Å²) < 4.78 is 5.70. The molecule has 23 heavy (non-hydrogen) atoms. The summed E-state index contributed by atoms with van der Waals surface area (Å²) in [5, 5.41) is 13.0. The van der Waals surface area contributed by atoms with Crippen molar-refractivity contribution in [3.63, 3.8) is 0 Å². The molecule has 2 bridgehead atoms. The first-order chi connectivity index (χ1) is 11.2. The van der Waals surface area contributed by atoms with E-state index in [-0.39, 0.29) is 12.3 Å². The number of nitrogens with one attached hydrogen (secondary N) is 1. The van der Waals surface area contributed by atoms with Gasteiger partial charge in [0.05, 0.1) is 16.6 Å². The highest BCUT2D eigenvalue weighted by molar-refractivity contribution is 7.16. The van der Waals surface area contributed by atoms with Crippen LogP contribution in [0.2, 0.25) is 0 Å². The molecule has 3 aliphatic rings. The molecule has 3 unspecified atom stereocenters. The number of hydrogen-bond acceptors (Lipinski definition) is 7. The van der Waals surface area contributed by atoms with Crippen molar-refractivity contribution in [2.45, 2.75) is 30.5 Å². The molecule has 9 heteroatoms. The molecule has 0 aliphatic carbocycles. The fourth-order valence-corrected chi connectivity index (χ4v) is 4.49. The predicted molar refractivity (Wildman–Crippen MR) is 83.4 cm³/mol. The van der Waals surface area contributed by atoms with Crippen molar-refractivity contribution >= 4 is 27.8 Å². The normalized spacial score (nSPS) is 30.6. The summed E-state index contributed by atoms with van der Waals surface area (Å²) in [5.41, 5.74) is 2.70. The van der Waals surface area contributed by atoms with Crippen LogP contribution in [0.4, 0.5) is 4.79 Å². The number of nitrogens with zero attached hydrogens (tertiary/aromatic N) is 4. The summed E-state index contributed by atoms with van der Waals surface area (Å²) in [7, 11) is 1.64. The van der Waals surface area contributed by atoms with Crippen LogP contribution in [0, 0.1) is 0 Å². The average molecular weight is 335 g/mol. The highest BCUT2D eigenvalue weighted by atomic mass is 32.1. The zero-order chi connectivity index (χ0) is 16.0. The van der Waals surface area contributed by atoms with Gasteiger partial charge in [0.15, 0.2) is 0 Å². The third kappa shape index (κ3) is 2.11. The van der Waals surface area contributed by atoms with E-state index in [2.05, 4.69) is 20.3 Å². The number of amides is 1. The summed E-state index contributed by atoms with van der Waals surface area (Å²) in [6.07, 6.45) is 1.89. The van der Waals surface area contributed by atoms with Crippen molar-refractivity contribution in [3.05, 3.63) is 17.5 Å². The van der Waals surface area contributed by atoms with Gasteiger partial charge in [-0.3, -0.25) is 5.32 Å². The predicted octanol–water partition coefficient (Wildman–Crippen LogP) is 1.04. The Morgan fingerprint density at radius 3 is 3.17 bits per heavy atom. The molecule has 2 aromatic heterocycles. The second-order valence-corrected chi connectivity index (χ2v) is 6.84. The molecule has 3 saturated heterocycles. The first kappa shape index (κ1) is 14.7. The molecule has 3 aliphatic heterocycles. The Balaban J connectivity index is 1.90. The highest BCUT2D eigenvalue weighted by Gasteiger charge is 2.53. The Bertz CT molecular complexity index is 753. The third-order valence-corrected chi connectivity index (χ3v) is 5.68. The Hall–Kier alpha value is -1.84. The zero-order valence-corrected chi connectivity index (χ0v) is 13.4. The molecule has 2 N–H and O–H groups in total. The van der Waals surface area contributed by atoms with Gasteiger partial charge in [-0.25, -0.2) is 19.7 Å². The van der Waals surface area contributed by atoms with Crippen LogP contribution in [-0.4, -0.2) is 63.5 Å². The van der Waals surface area contributed by atoms with E-state index in [1.165, 1.54) is 22.6 Å². The van der Waals surface area contributed by atoms with E-state index >= 15 is 0 Å². The first-order valence-electron chi connectivity index (χ1n) is 7.46. The van der Waals surface area contributed by atoms with Crippen LogP contribution >= 0.6 is 11.3 Å². The Morgan fingerprint density at radius 1 is 1.52 bits per heavy atom. The minimum absolute atomic E-state index is 0.0338. The summed E-state index contributed by atoms with van der Waals surface area (Å²) in [6.45, 7) is 0.931. The number of ether oxygens (including phenoxy) is 1. The largest absolute Gasteiger partial charge is 0.465 e. The topological polar surface area (TPSA) is 100 Å². The second kappa shape index (κ2) is 5.36. The first-order valence-corrected chi connectivity index (χ1v) is 8.34. The van der Waals surface area contributed by atoms with Crippen LogP contribution in [0.25, 0.3) is 10.3 Å². The van der Waals surface area contributed by atoms with Gasteiger partial charge in [-0.15, -0.1) is 11.3 Å². The minimum atomic E-state index is -0.902. The van der Waals surface area contributed by atoms with Gasteiger partial charge < -0.3 is 14.7 Å². The van der Waals surface area contributed by atoms with Crippen LogP contribution < -0.4 is 5.32 Å². The molecule has 5 heterocycles. The van der Waals surface area contributed by atoms with E-state index in [1.54, 1.807) is 12.6 Å². The molecule has 122 valence electrons. The van der Waals surface area contributed by atoms with E-state index in [9.17, 15) is 9.90 Å². The number of carbonyl (C=O) groups is 1. The molecule has 2 aromatic rings. The Labute approximate surface area is 136 Å². The van der Waals surface area contributed by atoms with Gasteiger partial charge >= 0.3 is 6.09 Å². The van der Waals surface area contributed by atoms with Crippen molar-refractivity contribution in [2.75, 3.05) is 20.2 Å². The quantitative estimate of drug-likeness (QED) is 0.846. The van der Waals surface area contributed by atoms with Gasteiger partial charge in [0.25, 0.3) is 0 Å². The monoisotopic (exact) mass is 335 g/mol. The molecule has 3 fully saturated rings. The van der Waals surface area contributed by atoms with Gasteiger partial charge in [0.1, 0.15) is 22.9 Å². The maximum absolute atomic E-state index is 11.7. The molecule has 0 radical (unpaired) electrons. The third-order valence-electron chi connectivity index (χ3n) is 4.95. The molecule has 5 rings (SSSR count). The molecule has 0 spiro atoms. The van der Waals surface area contributed by atoms with Crippen molar-refractivity contribution in [2.24, 2.45) is 0 Å². The lowest BCUT2D eigenvalue weighted by atomic mass is 9.74. The van der Waals surface area contributed by atoms with Crippen molar-refractivity contribution in [1.82, 2.24) is 25.2 Å². The maximum Gasteiger partial charge on any atom is 0.407 e. The summed E-state index contributed by atoms with van der Waals surface area (Å²) in [6, 6.07) is -0.0338. The molecule has 1 amide bonds. The number of fused-ring (bicyclic) bond motifs is 5. The number of carboxylic acid groups (broad SMARTS) is 1. The van der Waals surface area contributed by atoms with Crippen LogP contribution in [-0.2, 0) is 10.2 Å². The van der Waals surface area contributed by atoms with Crippen LogP contribution in [0.15, 0.2) is 11.8 Å². The van der Waals surface area contributed by atoms with E-state index in [1.807, 2.05) is 0 Å². The summed E-state index contributed by atoms with van der Waals surface area (Å²) >= 11 is 1.46. The Morgan fingerprint density at radius 2 is 2.39 bits per heavy atom. The maximum atomic E-state index is 11.7. The van der Waals surface area contributed by atoms with Crippen molar-refractivity contribution in [3.8, 4) is 0 Å². The van der Waals surface area contributed by atoms with E-state index < -0.39 is 11.5 Å². The SMILES string of the molecule is COC1NCC2CCC1(c1ncnc3scnc13)CN2C(=O)O. The van der Waals surface area contributed by atoms with E-state index in [0.717, 1.165) is 28.9 Å². The van der Waals surface area contributed by atoms with E-state index in [4.69, 9.17) is 4.74 Å². The highest BCUT2D eigenvalue weighted by Crippen LogP contribution is 2.43.